The lowest BCUT2D eigenvalue weighted by Crippen LogP contribution is -2.27. The number of benzene rings is 2. The lowest BCUT2D eigenvalue weighted by Gasteiger charge is -2.16. The minimum absolute atomic E-state index is 0.187. The maximum Gasteiger partial charge on any atom is 0.257 e. The van der Waals surface area contributed by atoms with Gasteiger partial charge in [0.05, 0.1) is 11.1 Å². The lowest BCUT2D eigenvalue weighted by atomic mass is 10.1. The number of aromatic nitrogens is 2. The van der Waals surface area contributed by atoms with E-state index in [1.54, 1.807) is 23.6 Å². The number of thiazole rings is 1. The molecule has 0 unspecified atom stereocenters. The van der Waals surface area contributed by atoms with E-state index in [0.29, 0.717) is 10.8 Å². The number of nitrogens with zero attached hydrogens (tertiary/aromatic N) is 2. The highest BCUT2D eigenvalue weighted by atomic mass is 35.5. The number of hydrogen-bond donors (Lipinski definition) is 1. The number of carbonyl (C=O) groups is 1. The summed E-state index contributed by atoms with van der Waals surface area (Å²) in [6.45, 7) is 3.95. The van der Waals surface area contributed by atoms with Crippen LogP contribution in [0.1, 0.15) is 34.5 Å². The summed E-state index contributed by atoms with van der Waals surface area (Å²) >= 11 is 7.67. The molecule has 1 atom stereocenters. The molecule has 5 nitrogen and oxygen atoms in total. The van der Waals surface area contributed by atoms with Crippen molar-refractivity contribution in [2.75, 3.05) is 0 Å². The number of amides is 1. The molecular formula is C24H20ClN3O2S. The Morgan fingerprint density at radius 3 is 2.68 bits per heavy atom. The maximum absolute atomic E-state index is 13.0. The summed E-state index contributed by atoms with van der Waals surface area (Å²) in [6, 6.07) is 16.9. The van der Waals surface area contributed by atoms with E-state index >= 15 is 0 Å². The highest BCUT2D eigenvalue weighted by Gasteiger charge is 2.19. The van der Waals surface area contributed by atoms with Crippen LogP contribution in [0.25, 0.3) is 10.6 Å². The second kappa shape index (κ2) is 9.29. The minimum atomic E-state index is -0.311. The Hall–Kier alpha value is -3.22. The van der Waals surface area contributed by atoms with Gasteiger partial charge in [-0.3, -0.25) is 4.79 Å². The van der Waals surface area contributed by atoms with E-state index in [1.165, 1.54) is 6.20 Å². The van der Waals surface area contributed by atoms with Crippen LogP contribution in [0.3, 0.4) is 0 Å². The third kappa shape index (κ3) is 5.10. The summed E-state index contributed by atoms with van der Waals surface area (Å²) in [7, 11) is 0. The molecule has 0 aliphatic heterocycles. The van der Waals surface area contributed by atoms with Crippen LogP contribution in [0.2, 0.25) is 5.02 Å². The number of nitrogens with one attached hydrogen (secondary N) is 1. The van der Waals surface area contributed by atoms with Gasteiger partial charge in [-0.25, -0.2) is 9.97 Å². The zero-order valence-corrected chi connectivity index (χ0v) is 18.6. The van der Waals surface area contributed by atoms with Crippen molar-refractivity contribution in [1.29, 1.82) is 0 Å². The SMILES string of the molecule is Cc1ccc([C@H](C)NC(=O)c2cc(Cl)cnc2Oc2cccc(-c3nccs3)c2)cc1. The molecule has 1 N–H and O–H groups in total. The third-order valence-corrected chi connectivity index (χ3v) is 5.74. The molecule has 4 rings (SSSR count). The molecule has 31 heavy (non-hydrogen) atoms. The molecule has 2 aromatic carbocycles. The number of halogens is 1. The van der Waals surface area contributed by atoms with E-state index in [1.807, 2.05) is 67.8 Å². The number of rotatable bonds is 6. The molecule has 0 bridgehead atoms. The first-order valence-corrected chi connectivity index (χ1v) is 11.0. The molecule has 0 spiro atoms. The van der Waals surface area contributed by atoms with Crippen LogP contribution in [-0.4, -0.2) is 15.9 Å². The average molecular weight is 450 g/mol. The molecule has 156 valence electrons. The fourth-order valence-electron chi connectivity index (χ4n) is 3.05. The van der Waals surface area contributed by atoms with Crippen molar-refractivity contribution >= 4 is 28.8 Å². The van der Waals surface area contributed by atoms with Crippen LogP contribution in [0, 0.1) is 6.92 Å². The van der Waals surface area contributed by atoms with Crippen LogP contribution < -0.4 is 10.1 Å². The first-order valence-electron chi connectivity index (χ1n) is 9.70. The topological polar surface area (TPSA) is 64.1 Å². The largest absolute Gasteiger partial charge is 0.438 e. The van der Waals surface area contributed by atoms with Crippen molar-refractivity contribution in [1.82, 2.24) is 15.3 Å². The zero-order valence-electron chi connectivity index (χ0n) is 17.0. The van der Waals surface area contributed by atoms with E-state index < -0.39 is 0 Å². The molecule has 2 aromatic heterocycles. The van der Waals surface area contributed by atoms with Gasteiger partial charge in [0.2, 0.25) is 5.88 Å². The van der Waals surface area contributed by atoms with Crippen LogP contribution in [0.15, 0.2) is 72.4 Å². The van der Waals surface area contributed by atoms with Crippen molar-refractivity contribution in [3.8, 4) is 22.2 Å². The van der Waals surface area contributed by atoms with Crippen molar-refractivity contribution in [3.05, 3.63) is 94.1 Å². The van der Waals surface area contributed by atoms with Gasteiger partial charge in [-0.2, -0.15) is 0 Å². The smallest absolute Gasteiger partial charge is 0.257 e. The van der Waals surface area contributed by atoms with Gasteiger partial charge in [-0.05, 0) is 37.6 Å². The number of carbonyl (C=O) groups excluding carboxylic acids is 1. The Morgan fingerprint density at radius 2 is 1.94 bits per heavy atom. The van der Waals surface area contributed by atoms with Gasteiger partial charge >= 0.3 is 0 Å². The minimum Gasteiger partial charge on any atom is -0.438 e. The van der Waals surface area contributed by atoms with Gasteiger partial charge in [0.25, 0.3) is 5.91 Å². The quantitative estimate of drug-likeness (QED) is 0.367. The van der Waals surface area contributed by atoms with Gasteiger partial charge in [-0.1, -0.05) is 53.6 Å². The molecule has 0 saturated carbocycles. The maximum atomic E-state index is 13.0. The molecule has 0 aliphatic rings. The first kappa shape index (κ1) is 21.0. The van der Waals surface area contributed by atoms with Gasteiger partial charge < -0.3 is 10.1 Å². The first-order chi connectivity index (χ1) is 15.0. The van der Waals surface area contributed by atoms with Crippen LogP contribution >= 0.6 is 22.9 Å². The number of pyridine rings is 1. The Bertz CT molecular complexity index is 1190. The normalized spacial score (nSPS) is 11.7. The third-order valence-electron chi connectivity index (χ3n) is 4.72. The molecular weight excluding hydrogens is 430 g/mol. The summed E-state index contributed by atoms with van der Waals surface area (Å²) < 4.78 is 5.97. The Kier molecular flexibility index (Phi) is 6.30. The number of aryl methyl sites for hydroxylation is 1. The molecule has 0 fully saturated rings. The van der Waals surface area contributed by atoms with E-state index in [4.69, 9.17) is 16.3 Å². The van der Waals surface area contributed by atoms with E-state index in [0.717, 1.165) is 21.7 Å². The van der Waals surface area contributed by atoms with Gasteiger partial charge in [0.15, 0.2) is 0 Å². The Morgan fingerprint density at radius 1 is 1.13 bits per heavy atom. The summed E-state index contributed by atoms with van der Waals surface area (Å²) in [4.78, 5) is 21.6. The fraction of sp³-hybridized carbons (Fsp3) is 0.125. The molecule has 0 radical (unpaired) electrons. The van der Waals surface area contributed by atoms with Crippen molar-refractivity contribution in [2.24, 2.45) is 0 Å². The fourth-order valence-corrected chi connectivity index (χ4v) is 3.85. The van der Waals surface area contributed by atoms with E-state index in [9.17, 15) is 4.79 Å². The second-order valence-electron chi connectivity index (χ2n) is 7.08. The molecule has 1 amide bonds. The number of hydrogen-bond acceptors (Lipinski definition) is 5. The second-order valence-corrected chi connectivity index (χ2v) is 8.41. The van der Waals surface area contributed by atoms with E-state index in [-0.39, 0.29) is 23.4 Å². The number of ether oxygens (including phenoxy) is 1. The van der Waals surface area contributed by atoms with Crippen molar-refractivity contribution in [2.45, 2.75) is 19.9 Å². The average Bonchev–Trinajstić information content (AvgIpc) is 3.30. The predicted octanol–water partition coefficient (Wildman–Crippen LogP) is 6.45. The van der Waals surface area contributed by atoms with Gasteiger partial charge in [-0.15, -0.1) is 11.3 Å². The molecule has 4 aromatic rings. The molecule has 0 saturated heterocycles. The van der Waals surface area contributed by atoms with Crippen molar-refractivity contribution in [3.63, 3.8) is 0 Å². The summed E-state index contributed by atoms with van der Waals surface area (Å²) in [5.74, 6) is 0.437. The molecule has 2 heterocycles. The summed E-state index contributed by atoms with van der Waals surface area (Å²) in [5, 5.41) is 6.16. The molecule has 0 aliphatic carbocycles. The van der Waals surface area contributed by atoms with Gasteiger partial charge in [0, 0.05) is 23.3 Å². The summed E-state index contributed by atoms with van der Waals surface area (Å²) in [6.07, 6.45) is 3.22. The highest BCUT2D eigenvalue weighted by molar-refractivity contribution is 7.13. The Labute approximate surface area is 189 Å². The highest BCUT2D eigenvalue weighted by Crippen LogP contribution is 2.30. The lowest BCUT2D eigenvalue weighted by molar-refractivity contribution is 0.0937. The molecule has 7 heteroatoms. The monoisotopic (exact) mass is 449 g/mol. The van der Waals surface area contributed by atoms with Crippen LogP contribution in [0.4, 0.5) is 0 Å². The van der Waals surface area contributed by atoms with Crippen LogP contribution in [0.5, 0.6) is 11.6 Å². The van der Waals surface area contributed by atoms with E-state index in [2.05, 4.69) is 15.3 Å². The Balaban J connectivity index is 1.57. The predicted molar refractivity (Wildman–Crippen MR) is 124 cm³/mol. The summed E-state index contributed by atoms with van der Waals surface area (Å²) in [5.41, 5.74) is 3.37. The van der Waals surface area contributed by atoms with Gasteiger partial charge in [0.1, 0.15) is 16.3 Å². The van der Waals surface area contributed by atoms with Crippen molar-refractivity contribution < 1.29 is 9.53 Å². The zero-order chi connectivity index (χ0) is 21.8. The standard InChI is InChI=1S/C24H20ClN3O2S/c1-15-6-8-17(9-7-15)16(2)28-22(29)21-13-19(25)14-27-23(21)30-20-5-3-4-18(12-20)24-26-10-11-31-24/h3-14,16H,1-2H3,(H,28,29)/t16-/m0/s1. The van der Waals surface area contributed by atoms with Crippen LogP contribution in [-0.2, 0) is 0 Å².